The summed E-state index contributed by atoms with van der Waals surface area (Å²) in [5, 5.41) is 0.827. The van der Waals surface area contributed by atoms with E-state index in [9.17, 15) is 0 Å². The predicted molar refractivity (Wildman–Crippen MR) is 50.7 cm³/mol. The molecule has 3 heteroatoms. The van der Waals surface area contributed by atoms with Gasteiger partial charge < -0.3 is 4.74 Å². The van der Waals surface area contributed by atoms with E-state index in [0.29, 0.717) is 0 Å². The Kier molecular flexibility index (Phi) is 2.89. The van der Waals surface area contributed by atoms with Crippen LogP contribution in [0.15, 0.2) is 12.3 Å². The number of allylic oxidation sites excluding steroid dienone is 1. The van der Waals surface area contributed by atoms with Gasteiger partial charge in [0.25, 0.3) is 0 Å². The first-order chi connectivity index (χ1) is 5.81. The number of nitrogens with zero attached hydrogens (tertiary/aromatic N) is 1. The lowest BCUT2D eigenvalue weighted by Crippen LogP contribution is -1.83. The van der Waals surface area contributed by atoms with E-state index in [1.807, 2.05) is 13.0 Å². The third-order valence-corrected chi connectivity index (χ3v) is 2.28. The summed E-state index contributed by atoms with van der Waals surface area (Å²) in [5.41, 5.74) is 0. The molecule has 0 amide bonds. The minimum absolute atomic E-state index is 0.765. The highest BCUT2D eigenvalue weighted by molar-refractivity contribution is 7.13. The molecule has 0 aliphatic carbocycles. The molecule has 0 bridgehead atoms. The smallest absolute Gasteiger partial charge is 0.159 e. The molecule has 0 aromatic carbocycles. The summed E-state index contributed by atoms with van der Waals surface area (Å²) in [6, 6.07) is 0. The van der Waals surface area contributed by atoms with Crippen molar-refractivity contribution in [3.63, 3.8) is 0 Å². The van der Waals surface area contributed by atoms with Crippen LogP contribution in [0, 0.1) is 12.3 Å². The number of rotatable bonds is 2. The highest BCUT2D eigenvalue weighted by Gasteiger charge is 2.04. The lowest BCUT2D eigenvalue weighted by Gasteiger charge is -1.98. The highest BCUT2D eigenvalue weighted by atomic mass is 32.1. The van der Waals surface area contributed by atoms with Crippen molar-refractivity contribution in [2.24, 2.45) is 0 Å². The van der Waals surface area contributed by atoms with Crippen molar-refractivity contribution in [1.82, 2.24) is 4.98 Å². The molecule has 62 valence electrons. The van der Waals surface area contributed by atoms with E-state index in [0.717, 1.165) is 15.6 Å². The minimum Gasteiger partial charge on any atom is -0.494 e. The van der Waals surface area contributed by atoms with Crippen LogP contribution in [0.5, 0.6) is 0 Å². The Morgan fingerprint density at radius 1 is 1.83 bits per heavy atom. The first-order valence-electron chi connectivity index (χ1n) is 3.45. The van der Waals surface area contributed by atoms with Crippen LogP contribution >= 0.6 is 11.3 Å². The van der Waals surface area contributed by atoms with E-state index < -0.39 is 0 Å². The summed E-state index contributed by atoms with van der Waals surface area (Å²) in [6.07, 6.45) is 8.74. The lowest BCUT2D eigenvalue weighted by atomic mass is 10.5. The van der Waals surface area contributed by atoms with Crippen molar-refractivity contribution in [2.75, 3.05) is 7.11 Å². The van der Waals surface area contributed by atoms with Crippen LogP contribution in [0.3, 0.4) is 0 Å². The Morgan fingerprint density at radius 2 is 2.58 bits per heavy atom. The van der Waals surface area contributed by atoms with Gasteiger partial charge >= 0.3 is 0 Å². The van der Waals surface area contributed by atoms with Gasteiger partial charge in [-0.05, 0) is 13.0 Å². The third-order valence-electron chi connectivity index (χ3n) is 1.34. The number of ether oxygens (including phenoxy) is 1. The van der Waals surface area contributed by atoms with Gasteiger partial charge in [0.2, 0.25) is 0 Å². The van der Waals surface area contributed by atoms with Gasteiger partial charge in [0.1, 0.15) is 5.76 Å². The molecule has 0 atom stereocenters. The Labute approximate surface area is 75.9 Å². The molecule has 0 unspecified atom stereocenters. The summed E-state index contributed by atoms with van der Waals surface area (Å²) < 4.78 is 5.08. The number of hydrogen-bond acceptors (Lipinski definition) is 3. The van der Waals surface area contributed by atoms with Crippen LogP contribution in [-0.4, -0.2) is 12.1 Å². The molecule has 12 heavy (non-hydrogen) atoms. The Hall–Kier alpha value is -1.27. The Morgan fingerprint density at radius 3 is 3.00 bits per heavy atom. The fourth-order valence-corrected chi connectivity index (χ4v) is 1.56. The Bertz CT molecular complexity index is 333. The maximum absolute atomic E-state index is 5.21. The molecular formula is C9H9NOS. The molecule has 0 aliphatic heterocycles. The summed E-state index contributed by atoms with van der Waals surface area (Å²) in [6.45, 7) is 1.90. The van der Waals surface area contributed by atoms with Crippen molar-refractivity contribution < 1.29 is 4.74 Å². The van der Waals surface area contributed by atoms with Gasteiger partial charge in [-0.25, -0.2) is 4.98 Å². The minimum atomic E-state index is 0.765. The SMILES string of the molecule is C#Cc1cnc(C(=CC)OC)s1. The van der Waals surface area contributed by atoms with Crippen molar-refractivity contribution in [2.45, 2.75) is 6.92 Å². The zero-order valence-electron chi connectivity index (χ0n) is 7.00. The van der Waals surface area contributed by atoms with Crippen LogP contribution in [-0.2, 0) is 4.74 Å². The second-order valence-corrected chi connectivity index (χ2v) is 3.06. The molecular weight excluding hydrogens is 170 g/mol. The van der Waals surface area contributed by atoms with Crippen LogP contribution in [0.25, 0.3) is 5.76 Å². The van der Waals surface area contributed by atoms with E-state index in [1.54, 1.807) is 13.3 Å². The maximum Gasteiger partial charge on any atom is 0.159 e. The molecule has 0 radical (unpaired) electrons. The van der Waals surface area contributed by atoms with Crippen molar-refractivity contribution in [3.05, 3.63) is 22.2 Å². The number of hydrogen-bond donors (Lipinski definition) is 0. The molecule has 1 aromatic rings. The van der Waals surface area contributed by atoms with Gasteiger partial charge in [-0.1, -0.05) is 5.92 Å². The fraction of sp³-hybridized carbons (Fsp3) is 0.222. The molecule has 0 saturated heterocycles. The number of terminal acetylenes is 1. The van der Waals surface area contributed by atoms with Crippen LogP contribution in [0.2, 0.25) is 0 Å². The summed E-state index contributed by atoms with van der Waals surface area (Å²) in [4.78, 5) is 4.93. The van der Waals surface area contributed by atoms with Gasteiger partial charge in [0.05, 0.1) is 18.2 Å². The van der Waals surface area contributed by atoms with E-state index in [4.69, 9.17) is 11.2 Å². The second kappa shape index (κ2) is 3.93. The second-order valence-electron chi connectivity index (χ2n) is 2.03. The third kappa shape index (κ3) is 1.66. The number of thiazole rings is 1. The summed E-state index contributed by atoms with van der Waals surface area (Å²) >= 11 is 1.45. The highest BCUT2D eigenvalue weighted by Crippen LogP contribution is 2.20. The van der Waals surface area contributed by atoms with Gasteiger partial charge in [0.15, 0.2) is 5.01 Å². The first kappa shape index (κ1) is 8.82. The molecule has 0 fully saturated rings. The molecule has 1 aromatic heterocycles. The molecule has 1 heterocycles. The van der Waals surface area contributed by atoms with E-state index in [2.05, 4.69) is 10.9 Å². The molecule has 0 N–H and O–H groups in total. The molecule has 2 nitrogen and oxygen atoms in total. The molecule has 0 aliphatic rings. The molecule has 1 rings (SSSR count). The first-order valence-corrected chi connectivity index (χ1v) is 4.26. The van der Waals surface area contributed by atoms with Crippen LogP contribution in [0.1, 0.15) is 16.8 Å². The number of methoxy groups -OCH3 is 1. The van der Waals surface area contributed by atoms with E-state index >= 15 is 0 Å². The number of aromatic nitrogens is 1. The quantitative estimate of drug-likeness (QED) is 0.512. The monoisotopic (exact) mass is 179 g/mol. The van der Waals surface area contributed by atoms with Crippen LogP contribution in [0.4, 0.5) is 0 Å². The van der Waals surface area contributed by atoms with E-state index in [-0.39, 0.29) is 0 Å². The summed E-state index contributed by atoms with van der Waals surface area (Å²) in [5.74, 6) is 3.29. The van der Waals surface area contributed by atoms with Gasteiger partial charge in [0, 0.05) is 0 Å². The maximum atomic E-state index is 5.21. The molecule has 0 saturated carbocycles. The van der Waals surface area contributed by atoms with Crippen LogP contribution < -0.4 is 0 Å². The van der Waals surface area contributed by atoms with Crippen molar-refractivity contribution in [3.8, 4) is 12.3 Å². The van der Waals surface area contributed by atoms with Crippen molar-refractivity contribution >= 4 is 17.1 Å². The Balaban J connectivity index is 2.97. The van der Waals surface area contributed by atoms with Crippen molar-refractivity contribution in [1.29, 1.82) is 0 Å². The van der Waals surface area contributed by atoms with E-state index in [1.165, 1.54) is 11.3 Å². The summed E-state index contributed by atoms with van der Waals surface area (Å²) in [7, 11) is 1.62. The average molecular weight is 179 g/mol. The normalized spacial score (nSPS) is 10.9. The van der Waals surface area contributed by atoms with Gasteiger partial charge in [-0.2, -0.15) is 0 Å². The van der Waals surface area contributed by atoms with Gasteiger partial charge in [-0.3, -0.25) is 0 Å². The zero-order chi connectivity index (χ0) is 8.97. The largest absolute Gasteiger partial charge is 0.494 e. The molecule has 0 spiro atoms. The zero-order valence-corrected chi connectivity index (χ0v) is 7.81. The fourth-order valence-electron chi connectivity index (χ4n) is 0.783. The average Bonchev–Trinajstić information content (AvgIpc) is 2.55. The predicted octanol–water partition coefficient (Wildman–Crippen LogP) is 2.13. The topological polar surface area (TPSA) is 22.1 Å². The lowest BCUT2D eigenvalue weighted by molar-refractivity contribution is 0.369. The van der Waals surface area contributed by atoms with Gasteiger partial charge in [-0.15, -0.1) is 17.8 Å². The standard InChI is InChI=1S/C9H9NOS/c1-4-7-6-10-9(12-7)8(5-2)11-3/h1,5-6H,2-3H3.